The summed E-state index contributed by atoms with van der Waals surface area (Å²) < 4.78 is 56.9. The van der Waals surface area contributed by atoms with Crippen molar-refractivity contribution < 1.29 is 37.0 Å². The number of carboxylic acids is 1. The van der Waals surface area contributed by atoms with E-state index < -0.39 is 46.7 Å². The molecule has 0 radical (unpaired) electrons. The number of carbonyl (C=O) groups is 1. The summed E-state index contributed by atoms with van der Waals surface area (Å²) in [6, 6.07) is 8.48. The van der Waals surface area contributed by atoms with Gasteiger partial charge in [-0.15, -0.1) is 0 Å². The highest BCUT2D eigenvalue weighted by atomic mass is 19.4. The molecule has 1 heterocycles. The van der Waals surface area contributed by atoms with Crippen LogP contribution in [0.4, 0.5) is 13.2 Å². The maximum Gasteiger partial charge on any atom is 0.453 e. The molecule has 0 amide bonds. The fourth-order valence-corrected chi connectivity index (χ4v) is 3.10. The van der Waals surface area contributed by atoms with Crippen molar-refractivity contribution in [1.29, 1.82) is 0 Å². The van der Waals surface area contributed by atoms with Crippen LogP contribution >= 0.6 is 0 Å². The smallest absolute Gasteiger partial charge is 0.453 e. The van der Waals surface area contributed by atoms with Gasteiger partial charge in [-0.1, -0.05) is 38.5 Å². The van der Waals surface area contributed by atoms with Crippen LogP contribution in [0.25, 0.3) is 11.0 Å². The van der Waals surface area contributed by atoms with Crippen molar-refractivity contribution in [2.45, 2.75) is 39.3 Å². The van der Waals surface area contributed by atoms with Gasteiger partial charge in [-0.25, -0.2) is 4.79 Å². The summed E-state index contributed by atoms with van der Waals surface area (Å²) in [7, 11) is 0. The Hall–Kier alpha value is -3.49. The van der Waals surface area contributed by atoms with Crippen molar-refractivity contribution in [3.05, 3.63) is 63.5 Å². The molecule has 2 aromatic carbocycles. The molecule has 3 rings (SSSR count). The zero-order valence-electron chi connectivity index (χ0n) is 17.8. The predicted octanol–water partition coefficient (Wildman–Crippen LogP) is 5.67. The highest BCUT2D eigenvalue weighted by molar-refractivity contribution is 5.80. The molecule has 0 saturated carbocycles. The Kier molecular flexibility index (Phi) is 5.95. The third kappa shape index (κ3) is 4.87. The van der Waals surface area contributed by atoms with Crippen LogP contribution in [0.3, 0.4) is 0 Å². The molecule has 0 aliphatic carbocycles. The molecule has 0 atom stereocenters. The predicted molar refractivity (Wildman–Crippen MR) is 111 cm³/mol. The minimum Gasteiger partial charge on any atom is -0.482 e. The third-order valence-electron chi connectivity index (χ3n) is 4.60. The summed E-state index contributed by atoms with van der Waals surface area (Å²) in [6.45, 7) is 6.77. The van der Waals surface area contributed by atoms with Crippen LogP contribution < -0.4 is 14.9 Å². The minimum absolute atomic E-state index is 0.0570. The molecule has 0 aliphatic rings. The van der Waals surface area contributed by atoms with E-state index in [0.717, 1.165) is 11.6 Å². The number of ether oxygens (including phenoxy) is 2. The molecule has 1 aromatic heterocycles. The van der Waals surface area contributed by atoms with Crippen molar-refractivity contribution in [3.8, 4) is 17.2 Å². The second-order valence-corrected chi connectivity index (χ2v) is 8.28. The van der Waals surface area contributed by atoms with Gasteiger partial charge in [-0.05, 0) is 30.5 Å². The topological polar surface area (TPSA) is 86.0 Å². The molecule has 6 nitrogen and oxygen atoms in total. The summed E-state index contributed by atoms with van der Waals surface area (Å²) in [4.78, 5) is 23.6. The van der Waals surface area contributed by atoms with Crippen LogP contribution in [0.15, 0.2) is 45.6 Å². The highest BCUT2D eigenvalue weighted by Gasteiger charge is 2.41. The average Bonchev–Trinajstić information content (AvgIpc) is 2.67. The Morgan fingerprint density at radius 2 is 1.78 bits per heavy atom. The average molecular weight is 450 g/mol. The largest absolute Gasteiger partial charge is 0.482 e. The quantitative estimate of drug-likeness (QED) is 0.539. The fraction of sp³-hybridized carbons (Fsp3) is 0.304. The first-order valence-electron chi connectivity index (χ1n) is 9.59. The standard InChI is InChI=1S/C23H21F3O6/c1-12-5-8-16(15(9-12)22(2,3)4)31-20-19(29)14-7-6-13(30-11-18(27)28)10-17(14)32-21(20)23(24,25)26/h5-10H,11H2,1-4H3,(H,27,28). The summed E-state index contributed by atoms with van der Waals surface area (Å²) in [5.74, 6) is -3.77. The first kappa shape index (κ1) is 23.2. The monoisotopic (exact) mass is 450 g/mol. The van der Waals surface area contributed by atoms with E-state index in [1.54, 1.807) is 12.1 Å². The number of hydrogen-bond donors (Lipinski definition) is 1. The van der Waals surface area contributed by atoms with Gasteiger partial charge in [0.15, 0.2) is 6.61 Å². The van der Waals surface area contributed by atoms with Gasteiger partial charge in [-0.3, -0.25) is 4.79 Å². The highest BCUT2D eigenvalue weighted by Crippen LogP contribution is 2.41. The summed E-state index contributed by atoms with van der Waals surface area (Å²) in [6.07, 6.45) is -5.02. The van der Waals surface area contributed by atoms with Crippen LogP contribution in [0.1, 0.15) is 37.7 Å². The number of hydrogen-bond acceptors (Lipinski definition) is 5. The van der Waals surface area contributed by atoms with Crippen LogP contribution in [0.5, 0.6) is 17.2 Å². The van der Waals surface area contributed by atoms with E-state index in [-0.39, 0.29) is 16.9 Å². The first-order valence-corrected chi connectivity index (χ1v) is 9.59. The Morgan fingerprint density at radius 1 is 1.09 bits per heavy atom. The summed E-state index contributed by atoms with van der Waals surface area (Å²) in [5.41, 5.74) is -0.366. The van der Waals surface area contributed by atoms with Crippen LogP contribution in [0, 0.1) is 6.92 Å². The molecule has 0 spiro atoms. The van der Waals surface area contributed by atoms with E-state index >= 15 is 0 Å². The van der Waals surface area contributed by atoms with E-state index in [1.165, 1.54) is 18.2 Å². The normalized spacial score (nSPS) is 12.1. The molecule has 170 valence electrons. The SMILES string of the molecule is Cc1ccc(Oc2c(C(F)(F)F)oc3cc(OCC(=O)O)ccc3c2=O)c(C(C)(C)C)c1. The van der Waals surface area contributed by atoms with Gasteiger partial charge in [0.05, 0.1) is 5.39 Å². The first-order chi connectivity index (χ1) is 14.8. The van der Waals surface area contributed by atoms with Crippen molar-refractivity contribution in [1.82, 2.24) is 0 Å². The third-order valence-corrected chi connectivity index (χ3v) is 4.60. The number of rotatable bonds is 5. The van der Waals surface area contributed by atoms with E-state index in [4.69, 9.17) is 19.0 Å². The molecule has 3 aromatic rings. The lowest BCUT2D eigenvalue weighted by Crippen LogP contribution is -2.18. The number of aryl methyl sites for hydroxylation is 1. The molecule has 0 bridgehead atoms. The van der Waals surface area contributed by atoms with Crippen LogP contribution in [0.2, 0.25) is 0 Å². The van der Waals surface area contributed by atoms with Crippen molar-refractivity contribution >= 4 is 16.9 Å². The molecule has 0 aliphatic heterocycles. The molecule has 1 N–H and O–H groups in total. The van der Waals surface area contributed by atoms with Gasteiger partial charge < -0.3 is 19.0 Å². The Bertz CT molecular complexity index is 1240. The lowest BCUT2D eigenvalue weighted by Gasteiger charge is -2.23. The number of aliphatic carboxylic acids is 1. The van der Waals surface area contributed by atoms with Gasteiger partial charge in [0.1, 0.15) is 17.1 Å². The van der Waals surface area contributed by atoms with E-state index in [0.29, 0.717) is 5.56 Å². The van der Waals surface area contributed by atoms with Gasteiger partial charge in [0.25, 0.3) is 5.76 Å². The Labute approximate surface area is 181 Å². The summed E-state index contributed by atoms with van der Waals surface area (Å²) >= 11 is 0. The molecule has 0 saturated heterocycles. The van der Waals surface area contributed by atoms with E-state index in [1.807, 2.05) is 27.7 Å². The van der Waals surface area contributed by atoms with Crippen LogP contribution in [-0.2, 0) is 16.4 Å². The second kappa shape index (κ2) is 8.22. The molecule has 9 heteroatoms. The number of halogens is 3. The number of benzene rings is 2. The Balaban J connectivity index is 2.19. The number of carboxylic acid groups (broad SMARTS) is 1. The minimum atomic E-state index is -5.02. The second-order valence-electron chi connectivity index (χ2n) is 8.28. The Morgan fingerprint density at radius 3 is 2.38 bits per heavy atom. The number of alkyl halides is 3. The van der Waals surface area contributed by atoms with E-state index in [2.05, 4.69) is 0 Å². The number of fused-ring (bicyclic) bond motifs is 1. The van der Waals surface area contributed by atoms with E-state index in [9.17, 15) is 22.8 Å². The van der Waals surface area contributed by atoms with Crippen molar-refractivity contribution in [2.24, 2.45) is 0 Å². The maximum absolute atomic E-state index is 13.8. The summed E-state index contributed by atoms with van der Waals surface area (Å²) in [5, 5.41) is 8.53. The van der Waals surface area contributed by atoms with Gasteiger partial charge in [-0.2, -0.15) is 13.2 Å². The molecule has 0 fully saturated rings. The molecular weight excluding hydrogens is 429 g/mol. The van der Waals surface area contributed by atoms with Crippen molar-refractivity contribution in [3.63, 3.8) is 0 Å². The van der Waals surface area contributed by atoms with Gasteiger partial charge >= 0.3 is 12.1 Å². The molecular formula is C23H21F3O6. The maximum atomic E-state index is 13.8. The van der Waals surface area contributed by atoms with Gasteiger partial charge in [0, 0.05) is 11.6 Å². The fourth-order valence-electron chi connectivity index (χ4n) is 3.10. The van der Waals surface area contributed by atoms with Gasteiger partial charge in [0.2, 0.25) is 11.2 Å². The van der Waals surface area contributed by atoms with Crippen LogP contribution in [-0.4, -0.2) is 17.7 Å². The molecule has 0 unspecified atom stereocenters. The lowest BCUT2D eigenvalue weighted by atomic mass is 9.85. The molecule has 32 heavy (non-hydrogen) atoms. The van der Waals surface area contributed by atoms with Crippen molar-refractivity contribution in [2.75, 3.05) is 6.61 Å². The zero-order chi connectivity index (χ0) is 23.8. The zero-order valence-corrected chi connectivity index (χ0v) is 17.8. The lowest BCUT2D eigenvalue weighted by molar-refractivity contribution is -0.154.